The van der Waals surface area contributed by atoms with Gasteiger partial charge in [-0.05, 0) is 49.4 Å². The summed E-state index contributed by atoms with van der Waals surface area (Å²) in [5.41, 5.74) is 4.26. The van der Waals surface area contributed by atoms with E-state index in [1.165, 1.54) is 29.5 Å². The van der Waals surface area contributed by atoms with Crippen LogP contribution < -0.4 is 5.32 Å². The van der Waals surface area contributed by atoms with E-state index in [0.29, 0.717) is 32.9 Å². The van der Waals surface area contributed by atoms with Gasteiger partial charge in [0.05, 0.1) is 26.4 Å². The van der Waals surface area contributed by atoms with Crippen LogP contribution in [0, 0.1) is 0 Å². The van der Waals surface area contributed by atoms with Crippen molar-refractivity contribution < 1.29 is 14.3 Å². The van der Waals surface area contributed by atoms with Crippen molar-refractivity contribution in [2.24, 2.45) is 0 Å². The van der Waals surface area contributed by atoms with Crippen LogP contribution in [-0.2, 0) is 22.3 Å². The average Bonchev–Trinajstić information content (AvgIpc) is 2.93. The highest BCUT2D eigenvalue weighted by Gasteiger charge is 2.39. The summed E-state index contributed by atoms with van der Waals surface area (Å²) in [5.74, 6) is 0.0922. The van der Waals surface area contributed by atoms with Gasteiger partial charge in [0.25, 0.3) is 5.91 Å². The van der Waals surface area contributed by atoms with Gasteiger partial charge in [0, 0.05) is 41.8 Å². The quantitative estimate of drug-likeness (QED) is 0.806. The Morgan fingerprint density at radius 2 is 2.11 bits per heavy atom. The topological polar surface area (TPSA) is 66.6 Å². The molecule has 1 amide bonds. The fourth-order valence-corrected chi connectivity index (χ4v) is 4.70. The van der Waals surface area contributed by atoms with Gasteiger partial charge in [0.1, 0.15) is 5.60 Å². The highest BCUT2D eigenvalue weighted by Crippen LogP contribution is 2.30. The zero-order valence-electron chi connectivity index (χ0n) is 15.7. The van der Waals surface area contributed by atoms with E-state index in [-0.39, 0.29) is 5.91 Å². The number of morpholine rings is 1. The van der Waals surface area contributed by atoms with Crippen LogP contribution >= 0.6 is 0 Å². The number of nitrogens with zero attached hydrogens (tertiary/aromatic N) is 1. The summed E-state index contributed by atoms with van der Waals surface area (Å²) in [5, 5.41) is 4.59. The first-order chi connectivity index (χ1) is 13.2. The zero-order chi connectivity index (χ0) is 18.3. The summed E-state index contributed by atoms with van der Waals surface area (Å²) >= 11 is 0. The van der Waals surface area contributed by atoms with Crippen molar-refractivity contribution in [2.45, 2.75) is 31.3 Å². The fourth-order valence-electron chi connectivity index (χ4n) is 4.70. The molecule has 2 aliphatic heterocycles. The summed E-state index contributed by atoms with van der Waals surface area (Å²) in [4.78, 5) is 18.7. The highest BCUT2D eigenvalue weighted by molar-refractivity contribution is 5.99. The molecule has 6 heteroatoms. The van der Waals surface area contributed by atoms with E-state index in [9.17, 15) is 4.79 Å². The third kappa shape index (κ3) is 3.16. The number of amides is 1. The van der Waals surface area contributed by atoms with Crippen LogP contribution in [0.2, 0.25) is 0 Å². The molecule has 1 atom stereocenters. The minimum Gasteiger partial charge on any atom is -0.377 e. The van der Waals surface area contributed by atoms with Gasteiger partial charge < -0.3 is 24.7 Å². The lowest BCUT2D eigenvalue weighted by Gasteiger charge is -2.41. The Hall–Kier alpha value is -1.89. The molecule has 5 rings (SSSR count). The molecule has 2 saturated heterocycles. The molecule has 1 aromatic carbocycles. The van der Waals surface area contributed by atoms with Crippen molar-refractivity contribution in [3.63, 3.8) is 0 Å². The standard InChI is InChI=1S/C21H27N3O3/c25-20(24-8-10-27-21(13-24)12-22-7-9-26-14-21)15-5-6-19-17(11-15)16-3-1-2-4-18(16)23-19/h5-6,11,22-23H,1-4,7-10,12-14H2/t21-/m0/s1. The predicted octanol–water partition coefficient (Wildman–Crippen LogP) is 1.88. The van der Waals surface area contributed by atoms with E-state index >= 15 is 0 Å². The van der Waals surface area contributed by atoms with E-state index in [1.54, 1.807) is 0 Å². The lowest BCUT2D eigenvalue weighted by atomic mass is 9.95. The molecule has 0 radical (unpaired) electrons. The number of carbonyl (C=O) groups is 1. The lowest BCUT2D eigenvalue weighted by molar-refractivity contribution is -0.125. The first kappa shape index (κ1) is 17.2. The van der Waals surface area contributed by atoms with Crippen molar-refractivity contribution >= 4 is 16.8 Å². The van der Waals surface area contributed by atoms with Gasteiger partial charge in [-0.25, -0.2) is 0 Å². The molecule has 1 aromatic heterocycles. The molecule has 0 bridgehead atoms. The van der Waals surface area contributed by atoms with Crippen LogP contribution in [-0.4, -0.2) is 67.4 Å². The summed E-state index contributed by atoms with van der Waals surface area (Å²) in [6, 6.07) is 6.10. The van der Waals surface area contributed by atoms with Crippen molar-refractivity contribution in [2.75, 3.05) is 46.0 Å². The SMILES string of the molecule is O=C(c1ccc2[nH]c3c(c2c1)CCCC3)N1CCO[C@@]2(CNCCOC2)C1. The maximum Gasteiger partial charge on any atom is 0.254 e. The van der Waals surface area contributed by atoms with E-state index in [4.69, 9.17) is 9.47 Å². The number of H-pyrrole nitrogens is 1. The molecule has 2 N–H and O–H groups in total. The Bertz CT molecular complexity index is 852. The van der Waals surface area contributed by atoms with E-state index in [1.807, 2.05) is 11.0 Å². The number of ether oxygens (including phenoxy) is 2. The van der Waals surface area contributed by atoms with Crippen LogP contribution in [0.4, 0.5) is 0 Å². The first-order valence-electron chi connectivity index (χ1n) is 10.1. The van der Waals surface area contributed by atoms with Crippen molar-refractivity contribution in [1.29, 1.82) is 0 Å². The highest BCUT2D eigenvalue weighted by atomic mass is 16.5. The number of rotatable bonds is 1. The number of benzene rings is 1. The molecule has 0 saturated carbocycles. The van der Waals surface area contributed by atoms with Gasteiger partial charge in [0.15, 0.2) is 0 Å². The molecular formula is C21H27N3O3. The van der Waals surface area contributed by atoms with Crippen LogP contribution in [0.25, 0.3) is 10.9 Å². The monoisotopic (exact) mass is 369 g/mol. The number of hydrogen-bond acceptors (Lipinski definition) is 4. The van der Waals surface area contributed by atoms with E-state index in [0.717, 1.165) is 37.0 Å². The molecule has 3 heterocycles. The Labute approximate surface area is 159 Å². The molecule has 6 nitrogen and oxygen atoms in total. The Kier molecular flexibility index (Phi) is 4.42. The molecule has 2 aromatic rings. The molecule has 0 unspecified atom stereocenters. The molecule has 3 aliphatic rings. The van der Waals surface area contributed by atoms with Gasteiger partial charge in [-0.2, -0.15) is 0 Å². The summed E-state index contributed by atoms with van der Waals surface area (Å²) in [6.07, 6.45) is 4.71. The Balaban J connectivity index is 1.41. The molecule has 144 valence electrons. The smallest absolute Gasteiger partial charge is 0.254 e. The molecule has 2 fully saturated rings. The minimum atomic E-state index is -0.429. The van der Waals surface area contributed by atoms with Gasteiger partial charge in [-0.1, -0.05) is 0 Å². The fraction of sp³-hybridized carbons (Fsp3) is 0.571. The largest absolute Gasteiger partial charge is 0.377 e. The third-order valence-corrected chi connectivity index (χ3v) is 6.12. The van der Waals surface area contributed by atoms with Crippen LogP contribution in [0.15, 0.2) is 18.2 Å². The maximum atomic E-state index is 13.2. The van der Waals surface area contributed by atoms with Crippen LogP contribution in [0.5, 0.6) is 0 Å². The second-order valence-electron chi connectivity index (χ2n) is 8.04. The lowest BCUT2D eigenvalue weighted by Crippen LogP contribution is -2.59. The van der Waals surface area contributed by atoms with Crippen molar-refractivity contribution in [1.82, 2.24) is 15.2 Å². The molecule has 27 heavy (non-hydrogen) atoms. The molecular weight excluding hydrogens is 342 g/mol. The van der Waals surface area contributed by atoms with Gasteiger partial charge in [0.2, 0.25) is 0 Å². The van der Waals surface area contributed by atoms with E-state index in [2.05, 4.69) is 22.4 Å². The zero-order valence-corrected chi connectivity index (χ0v) is 15.7. The van der Waals surface area contributed by atoms with Crippen molar-refractivity contribution in [3.05, 3.63) is 35.0 Å². The number of aromatic nitrogens is 1. The van der Waals surface area contributed by atoms with Crippen LogP contribution in [0.3, 0.4) is 0 Å². The van der Waals surface area contributed by atoms with E-state index < -0.39 is 5.60 Å². The Morgan fingerprint density at radius 1 is 1.19 bits per heavy atom. The number of aryl methyl sites for hydroxylation is 2. The minimum absolute atomic E-state index is 0.0922. The second-order valence-corrected chi connectivity index (χ2v) is 8.04. The number of hydrogen-bond donors (Lipinski definition) is 2. The van der Waals surface area contributed by atoms with Gasteiger partial charge in [-0.15, -0.1) is 0 Å². The summed E-state index contributed by atoms with van der Waals surface area (Å²) in [6.45, 7) is 4.53. The normalized spacial score (nSPS) is 26.1. The van der Waals surface area contributed by atoms with Gasteiger partial charge >= 0.3 is 0 Å². The molecule has 1 aliphatic carbocycles. The number of fused-ring (bicyclic) bond motifs is 3. The first-order valence-corrected chi connectivity index (χ1v) is 10.1. The summed E-state index contributed by atoms with van der Waals surface area (Å²) in [7, 11) is 0. The van der Waals surface area contributed by atoms with Crippen molar-refractivity contribution in [3.8, 4) is 0 Å². The van der Waals surface area contributed by atoms with Crippen LogP contribution in [0.1, 0.15) is 34.5 Å². The molecule has 1 spiro atoms. The second kappa shape index (κ2) is 6.93. The third-order valence-electron chi connectivity index (χ3n) is 6.12. The predicted molar refractivity (Wildman–Crippen MR) is 103 cm³/mol. The maximum absolute atomic E-state index is 13.2. The Morgan fingerprint density at radius 3 is 3.07 bits per heavy atom. The van der Waals surface area contributed by atoms with Gasteiger partial charge in [-0.3, -0.25) is 4.79 Å². The average molecular weight is 369 g/mol. The number of carbonyl (C=O) groups excluding carboxylic acids is 1. The number of nitrogens with one attached hydrogen (secondary N) is 2. The summed E-state index contributed by atoms with van der Waals surface area (Å²) < 4.78 is 11.7. The number of aromatic amines is 1.